The van der Waals surface area contributed by atoms with E-state index < -0.39 is 17.1 Å². The summed E-state index contributed by atoms with van der Waals surface area (Å²) in [5.41, 5.74) is 1.72. The van der Waals surface area contributed by atoms with E-state index in [0.717, 1.165) is 5.56 Å². The number of halogens is 1. The Bertz CT molecular complexity index is 1290. The van der Waals surface area contributed by atoms with Crippen LogP contribution in [0, 0.1) is 11.2 Å². The average Bonchev–Trinajstić information content (AvgIpc) is 3.37. The predicted octanol–water partition coefficient (Wildman–Crippen LogP) is 4.19. The van der Waals surface area contributed by atoms with Crippen LogP contribution in [-0.4, -0.2) is 66.1 Å². The quantitative estimate of drug-likeness (QED) is 0.319. The maximum absolute atomic E-state index is 15.5. The van der Waals surface area contributed by atoms with E-state index in [1.165, 1.54) is 16.9 Å². The van der Waals surface area contributed by atoms with Crippen molar-refractivity contribution in [3.8, 4) is 17.2 Å². The first-order valence-corrected chi connectivity index (χ1v) is 13.3. The van der Waals surface area contributed by atoms with Crippen molar-refractivity contribution in [3.63, 3.8) is 0 Å². The van der Waals surface area contributed by atoms with Gasteiger partial charge in [-0.05, 0) is 49.4 Å². The topological polar surface area (TPSA) is 116 Å². The maximum atomic E-state index is 15.5. The molecule has 2 aromatic carbocycles. The van der Waals surface area contributed by atoms with Gasteiger partial charge in [-0.3, -0.25) is 10.2 Å². The van der Waals surface area contributed by atoms with Crippen molar-refractivity contribution in [1.29, 1.82) is 5.41 Å². The predicted molar refractivity (Wildman–Crippen MR) is 146 cm³/mol. The van der Waals surface area contributed by atoms with Crippen LogP contribution in [-0.2, 0) is 12.0 Å². The molecular weight excluding hydrogens is 505 g/mol. The monoisotopic (exact) mass is 543 g/mol. The van der Waals surface area contributed by atoms with Gasteiger partial charge in [-0.15, -0.1) is 0 Å². The number of fused-ring (bicyclic) bond motifs is 1. The van der Waals surface area contributed by atoms with Crippen molar-refractivity contribution in [3.05, 3.63) is 46.3 Å². The highest BCUT2D eigenvalue weighted by molar-refractivity contribution is 6.06. The number of rotatable bonds is 9. The van der Waals surface area contributed by atoms with E-state index in [1.807, 2.05) is 20.8 Å². The number of nitrogens with one attached hydrogen (secondary N) is 1. The maximum Gasteiger partial charge on any atom is 0.246 e. The standard InChI is InChI=1S/C29H38FN3O6/c1-7-38-22-14-18-15-32(27(31)23(18)24(30)26(22)39-8-2)16-21(34)17-12-19(28(3,4)5)25(37-6)20(13-17)33-11-9-10-29(33,35)36/h12-14,31,35-36H,7-11,15-16H2,1-6H3. The second kappa shape index (κ2) is 10.7. The molecular formula is C29H38FN3O6. The fourth-order valence-corrected chi connectivity index (χ4v) is 5.27. The van der Waals surface area contributed by atoms with Gasteiger partial charge >= 0.3 is 0 Å². The molecule has 39 heavy (non-hydrogen) atoms. The number of carbonyl (C=O) groups is 1. The highest BCUT2D eigenvalue weighted by Gasteiger charge is 2.40. The highest BCUT2D eigenvalue weighted by atomic mass is 19.1. The van der Waals surface area contributed by atoms with Gasteiger partial charge in [-0.1, -0.05) is 20.8 Å². The SMILES string of the molecule is CCOc1cc2c(c(F)c1OCC)C(=N)N(CC(=O)c1cc(N3CCCC3(O)O)c(OC)c(C(C)(C)C)c1)C2. The lowest BCUT2D eigenvalue weighted by Gasteiger charge is -2.34. The number of anilines is 1. The first-order chi connectivity index (χ1) is 18.3. The van der Waals surface area contributed by atoms with Crippen LogP contribution >= 0.6 is 0 Å². The van der Waals surface area contributed by atoms with Gasteiger partial charge in [0.1, 0.15) is 11.6 Å². The first kappa shape index (κ1) is 28.6. The summed E-state index contributed by atoms with van der Waals surface area (Å²) in [6.45, 7) is 10.4. The number of ether oxygens (including phenoxy) is 3. The molecule has 0 spiro atoms. The minimum absolute atomic E-state index is 0.0345. The molecule has 3 N–H and O–H groups in total. The average molecular weight is 544 g/mol. The number of hydrogen-bond acceptors (Lipinski definition) is 8. The normalized spacial score (nSPS) is 16.5. The van der Waals surface area contributed by atoms with E-state index in [-0.39, 0.29) is 54.8 Å². The number of aliphatic hydroxyl groups is 2. The molecule has 2 aromatic rings. The highest BCUT2D eigenvalue weighted by Crippen LogP contribution is 2.44. The Morgan fingerprint density at radius 3 is 2.38 bits per heavy atom. The molecule has 2 aliphatic rings. The van der Waals surface area contributed by atoms with E-state index in [1.54, 1.807) is 32.0 Å². The molecule has 1 saturated heterocycles. The Morgan fingerprint density at radius 1 is 1.13 bits per heavy atom. The van der Waals surface area contributed by atoms with Gasteiger partial charge in [-0.2, -0.15) is 0 Å². The molecule has 0 bridgehead atoms. The molecule has 2 aliphatic heterocycles. The molecule has 0 unspecified atom stereocenters. The van der Waals surface area contributed by atoms with Crippen LogP contribution in [0.5, 0.6) is 17.2 Å². The summed E-state index contributed by atoms with van der Waals surface area (Å²) in [5.74, 6) is -2.41. The van der Waals surface area contributed by atoms with Crippen LogP contribution in [0.1, 0.15) is 74.5 Å². The smallest absolute Gasteiger partial charge is 0.246 e. The summed E-state index contributed by atoms with van der Waals surface area (Å²) >= 11 is 0. The molecule has 212 valence electrons. The summed E-state index contributed by atoms with van der Waals surface area (Å²) in [6.07, 6.45) is 0.739. The van der Waals surface area contributed by atoms with Gasteiger partial charge in [0, 0.05) is 30.6 Å². The Morgan fingerprint density at radius 2 is 1.82 bits per heavy atom. The van der Waals surface area contributed by atoms with E-state index in [2.05, 4.69) is 0 Å². The van der Waals surface area contributed by atoms with Gasteiger partial charge in [0.25, 0.3) is 0 Å². The molecule has 0 aliphatic carbocycles. The van der Waals surface area contributed by atoms with Crippen molar-refractivity contribution in [1.82, 2.24) is 4.90 Å². The number of amidine groups is 1. The lowest BCUT2D eigenvalue weighted by atomic mass is 9.84. The number of carbonyl (C=O) groups excluding carboxylic acids is 1. The molecule has 0 radical (unpaired) electrons. The fourth-order valence-electron chi connectivity index (χ4n) is 5.27. The van der Waals surface area contributed by atoms with Crippen LogP contribution in [0.4, 0.5) is 10.1 Å². The van der Waals surface area contributed by atoms with Crippen molar-refractivity contribution < 1.29 is 33.6 Å². The zero-order valence-electron chi connectivity index (χ0n) is 23.5. The number of Topliss-reactive ketones (excluding diaryl/α,β-unsaturated/α-hetero) is 1. The van der Waals surface area contributed by atoms with Crippen molar-refractivity contribution >= 4 is 17.3 Å². The van der Waals surface area contributed by atoms with E-state index >= 15 is 4.39 Å². The molecule has 4 rings (SSSR count). The van der Waals surface area contributed by atoms with Crippen molar-refractivity contribution in [2.45, 2.75) is 65.3 Å². The summed E-state index contributed by atoms with van der Waals surface area (Å²) in [7, 11) is 1.52. The summed E-state index contributed by atoms with van der Waals surface area (Å²) in [5, 5.41) is 29.9. The first-order valence-electron chi connectivity index (χ1n) is 13.3. The number of nitrogens with zero attached hydrogens (tertiary/aromatic N) is 2. The molecule has 0 atom stereocenters. The Balaban J connectivity index is 1.70. The molecule has 0 aromatic heterocycles. The summed E-state index contributed by atoms with van der Waals surface area (Å²) in [4.78, 5) is 16.6. The Kier molecular flexibility index (Phi) is 7.82. The molecule has 1 fully saturated rings. The Hall–Kier alpha value is -3.37. The third-order valence-electron chi connectivity index (χ3n) is 7.13. The summed E-state index contributed by atoms with van der Waals surface area (Å²) in [6, 6.07) is 5.03. The third-order valence-corrected chi connectivity index (χ3v) is 7.13. The van der Waals surface area contributed by atoms with Gasteiger partial charge in [0.05, 0.1) is 38.1 Å². The van der Waals surface area contributed by atoms with Gasteiger partial charge < -0.3 is 34.2 Å². The lowest BCUT2D eigenvalue weighted by Crippen LogP contribution is -2.44. The van der Waals surface area contributed by atoms with E-state index in [0.29, 0.717) is 42.1 Å². The molecule has 10 heteroatoms. The van der Waals surface area contributed by atoms with Crippen molar-refractivity contribution in [2.24, 2.45) is 0 Å². The second-order valence-corrected chi connectivity index (χ2v) is 10.9. The van der Waals surface area contributed by atoms with E-state index in [9.17, 15) is 15.0 Å². The Labute approximate surface area is 228 Å². The van der Waals surface area contributed by atoms with E-state index in [4.69, 9.17) is 19.6 Å². The van der Waals surface area contributed by atoms with Crippen molar-refractivity contribution in [2.75, 3.05) is 38.3 Å². The largest absolute Gasteiger partial charge is 0.494 e. The van der Waals surface area contributed by atoms with Crippen LogP contribution in [0.15, 0.2) is 18.2 Å². The van der Waals surface area contributed by atoms with Gasteiger partial charge in [0.2, 0.25) is 5.91 Å². The molecule has 0 saturated carbocycles. The molecule has 0 amide bonds. The summed E-state index contributed by atoms with van der Waals surface area (Å²) < 4.78 is 32.3. The number of ketones is 1. The van der Waals surface area contributed by atoms with Crippen LogP contribution < -0.4 is 19.1 Å². The number of hydrogen-bond donors (Lipinski definition) is 3. The number of benzene rings is 2. The van der Waals surface area contributed by atoms with Crippen LogP contribution in [0.2, 0.25) is 0 Å². The third kappa shape index (κ3) is 5.27. The van der Waals surface area contributed by atoms with Gasteiger partial charge in [0.15, 0.2) is 23.1 Å². The minimum Gasteiger partial charge on any atom is -0.494 e. The zero-order valence-corrected chi connectivity index (χ0v) is 23.5. The molecule has 9 nitrogen and oxygen atoms in total. The zero-order chi connectivity index (χ0) is 28.7. The second-order valence-electron chi connectivity index (χ2n) is 10.9. The fraction of sp³-hybridized carbons (Fsp3) is 0.517. The number of methoxy groups -OCH3 is 1. The molecule has 2 heterocycles. The van der Waals surface area contributed by atoms with Crippen LogP contribution in [0.25, 0.3) is 0 Å². The lowest BCUT2D eigenvalue weighted by molar-refractivity contribution is -0.149. The van der Waals surface area contributed by atoms with Gasteiger partial charge in [-0.25, -0.2) is 4.39 Å². The van der Waals surface area contributed by atoms with Crippen LogP contribution in [0.3, 0.4) is 0 Å². The minimum atomic E-state index is -2.06.